The van der Waals surface area contributed by atoms with Crippen LogP contribution >= 0.6 is 22.9 Å². The molecule has 0 spiro atoms. The van der Waals surface area contributed by atoms with Crippen molar-refractivity contribution >= 4 is 50.6 Å². The van der Waals surface area contributed by atoms with E-state index in [9.17, 15) is 4.79 Å². The number of nitrogens with one attached hydrogen (secondary N) is 1. The van der Waals surface area contributed by atoms with E-state index in [0.29, 0.717) is 37.7 Å². The zero-order chi connectivity index (χ0) is 20.4. The van der Waals surface area contributed by atoms with E-state index in [0.717, 1.165) is 10.9 Å². The second-order valence-corrected chi connectivity index (χ2v) is 7.63. The number of thiophene rings is 1. The number of carbonyl (C=O) groups excluding carboxylic acids is 1. The number of nitrogens with zero attached hydrogens (tertiary/aromatic N) is 2. The molecule has 0 aliphatic carbocycles. The van der Waals surface area contributed by atoms with Gasteiger partial charge in [0.1, 0.15) is 33.4 Å². The maximum atomic E-state index is 12.4. The summed E-state index contributed by atoms with van der Waals surface area (Å²) in [6, 6.07) is 3.39. The Balaban J connectivity index is 2.08. The van der Waals surface area contributed by atoms with Crippen molar-refractivity contribution < 1.29 is 19.0 Å². The number of fused-ring (bicyclic) bond motifs is 1. The van der Waals surface area contributed by atoms with E-state index in [1.54, 1.807) is 19.2 Å². The van der Waals surface area contributed by atoms with Gasteiger partial charge in [0.15, 0.2) is 0 Å². The van der Waals surface area contributed by atoms with Crippen LogP contribution in [-0.2, 0) is 4.74 Å². The van der Waals surface area contributed by atoms with Crippen LogP contribution in [0.5, 0.6) is 11.5 Å². The number of ether oxygens (including phenoxy) is 3. The summed E-state index contributed by atoms with van der Waals surface area (Å²) < 4.78 is 16.0. The number of carbonyl (C=O) groups is 1. The molecule has 28 heavy (non-hydrogen) atoms. The summed E-state index contributed by atoms with van der Waals surface area (Å²) in [5.74, 6) is 1.21. The van der Waals surface area contributed by atoms with Crippen molar-refractivity contribution in [2.45, 2.75) is 26.9 Å². The van der Waals surface area contributed by atoms with Gasteiger partial charge in [-0.25, -0.2) is 14.8 Å². The number of rotatable bonds is 6. The molecular formula is C19H20ClN3O4S. The molecule has 0 atom stereocenters. The first-order chi connectivity index (χ1) is 13.3. The molecule has 2 heterocycles. The molecule has 0 fully saturated rings. The number of hydrogen-bond donors (Lipinski definition) is 1. The van der Waals surface area contributed by atoms with E-state index < -0.39 is 0 Å². The Morgan fingerprint density at radius 2 is 1.89 bits per heavy atom. The number of benzene rings is 1. The first-order valence-corrected chi connectivity index (χ1v) is 9.68. The van der Waals surface area contributed by atoms with Crippen molar-refractivity contribution in [2.24, 2.45) is 0 Å². The second-order valence-electron chi connectivity index (χ2n) is 6.22. The molecule has 0 aliphatic rings. The van der Waals surface area contributed by atoms with Crippen molar-refractivity contribution in [3.8, 4) is 11.5 Å². The normalized spacial score (nSPS) is 11.0. The maximum Gasteiger partial charge on any atom is 0.348 e. The van der Waals surface area contributed by atoms with Gasteiger partial charge in [0.25, 0.3) is 0 Å². The van der Waals surface area contributed by atoms with Gasteiger partial charge in [0.05, 0.1) is 36.4 Å². The molecule has 3 rings (SSSR count). The average Bonchev–Trinajstić information content (AvgIpc) is 3.00. The van der Waals surface area contributed by atoms with Gasteiger partial charge in [-0.2, -0.15) is 0 Å². The van der Waals surface area contributed by atoms with Gasteiger partial charge in [-0.3, -0.25) is 0 Å². The predicted octanol–water partition coefficient (Wildman–Crippen LogP) is 4.98. The van der Waals surface area contributed by atoms with Crippen LogP contribution in [-0.4, -0.2) is 36.3 Å². The minimum absolute atomic E-state index is 0.202. The summed E-state index contributed by atoms with van der Waals surface area (Å²) in [6.45, 7) is 5.48. The molecule has 2 aromatic heterocycles. The van der Waals surface area contributed by atoms with Crippen molar-refractivity contribution in [2.75, 3.05) is 19.5 Å². The third-order valence-corrected chi connectivity index (χ3v) is 5.46. The van der Waals surface area contributed by atoms with Gasteiger partial charge < -0.3 is 19.5 Å². The number of methoxy groups -OCH3 is 2. The van der Waals surface area contributed by atoms with Crippen LogP contribution in [0.15, 0.2) is 18.5 Å². The van der Waals surface area contributed by atoms with Gasteiger partial charge in [0, 0.05) is 12.1 Å². The molecule has 0 saturated carbocycles. The monoisotopic (exact) mass is 421 g/mol. The zero-order valence-electron chi connectivity index (χ0n) is 16.1. The van der Waals surface area contributed by atoms with Crippen molar-refractivity contribution in [3.05, 3.63) is 33.9 Å². The lowest BCUT2D eigenvalue weighted by Crippen LogP contribution is -2.11. The van der Waals surface area contributed by atoms with Gasteiger partial charge in [-0.1, -0.05) is 11.6 Å². The third-order valence-electron chi connectivity index (χ3n) is 3.98. The van der Waals surface area contributed by atoms with E-state index in [2.05, 4.69) is 15.3 Å². The van der Waals surface area contributed by atoms with Gasteiger partial charge in [-0.05, 0) is 26.3 Å². The molecule has 1 aromatic carbocycles. The van der Waals surface area contributed by atoms with Crippen LogP contribution in [0.3, 0.4) is 0 Å². The second kappa shape index (κ2) is 8.20. The highest BCUT2D eigenvalue weighted by Gasteiger charge is 2.22. The van der Waals surface area contributed by atoms with E-state index in [-0.39, 0.29) is 12.1 Å². The molecule has 0 bridgehead atoms. The Labute approximate surface area is 171 Å². The Kier molecular flexibility index (Phi) is 5.90. The Hall–Kier alpha value is -2.58. The average molecular weight is 422 g/mol. The number of esters is 1. The molecule has 0 aliphatic heterocycles. The van der Waals surface area contributed by atoms with Crippen LogP contribution < -0.4 is 14.8 Å². The number of hydrogen-bond acceptors (Lipinski definition) is 8. The van der Waals surface area contributed by atoms with E-state index in [1.807, 2.05) is 20.8 Å². The fraction of sp³-hybridized carbons (Fsp3) is 0.316. The molecule has 7 nitrogen and oxygen atoms in total. The first kappa shape index (κ1) is 20.2. The summed E-state index contributed by atoms with van der Waals surface area (Å²) in [7, 11) is 3.09. The molecule has 0 radical (unpaired) electrons. The summed E-state index contributed by atoms with van der Waals surface area (Å²) in [6.07, 6.45) is 1.24. The minimum atomic E-state index is -0.368. The Morgan fingerprint density at radius 1 is 1.18 bits per heavy atom. The molecule has 0 saturated heterocycles. The Morgan fingerprint density at radius 3 is 2.54 bits per heavy atom. The summed E-state index contributed by atoms with van der Waals surface area (Å²) in [4.78, 5) is 22.3. The van der Waals surface area contributed by atoms with Gasteiger partial charge in [-0.15, -0.1) is 11.3 Å². The molecule has 0 amide bonds. The van der Waals surface area contributed by atoms with Crippen LogP contribution in [0.25, 0.3) is 10.2 Å². The number of anilines is 2. The van der Waals surface area contributed by atoms with Gasteiger partial charge in [0.2, 0.25) is 0 Å². The lowest BCUT2D eigenvalue weighted by Gasteiger charge is -2.14. The van der Waals surface area contributed by atoms with Crippen LogP contribution in [0.1, 0.15) is 29.1 Å². The number of halogens is 1. The largest absolute Gasteiger partial charge is 0.495 e. The third kappa shape index (κ3) is 3.83. The SMILES string of the molecule is COc1cc(Nc2ncnc3sc(C(=O)OC(C)C)c(C)c23)c(OC)cc1Cl. The van der Waals surface area contributed by atoms with E-state index in [1.165, 1.54) is 24.8 Å². The van der Waals surface area contributed by atoms with Crippen molar-refractivity contribution in [1.82, 2.24) is 9.97 Å². The highest BCUT2D eigenvalue weighted by molar-refractivity contribution is 7.20. The number of aromatic nitrogens is 2. The molecule has 0 unspecified atom stereocenters. The van der Waals surface area contributed by atoms with Crippen molar-refractivity contribution in [1.29, 1.82) is 0 Å². The molecule has 9 heteroatoms. The fourth-order valence-electron chi connectivity index (χ4n) is 2.71. The summed E-state index contributed by atoms with van der Waals surface area (Å²) in [5, 5.41) is 4.42. The highest BCUT2D eigenvalue weighted by atomic mass is 35.5. The standard InChI is InChI=1S/C19H20ClN3O4S/c1-9(2)27-19(24)16-10(3)15-17(21-8-22-18(15)28-16)23-12-7-13(25-4)11(20)6-14(12)26-5/h6-9H,1-5H3,(H,21,22,23). The Bertz CT molecular complexity index is 1040. The van der Waals surface area contributed by atoms with Crippen LogP contribution in [0.4, 0.5) is 11.5 Å². The van der Waals surface area contributed by atoms with Crippen LogP contribution in [0.2, 0.25) is 5.02 Å². The lowest BCUT2D eigenvalue weighted by molar-refractivity contribution is 0.0383. The topological polar surface area (TPSA) is 82.6 Å². The molecule has 148 valence electrons. The number of aryl methyl sites for hydroxylation is 1. The lowest BCUT2D eigenvalue weighted by atomic mass is 10.2. The smallest absolute Gasteiger partial charge is 0.348 e. The summed E-state index contributed by atoms with van der Waals surface area (Å²) in [5.41, 5.74) is 1.38. The summed E-state index contributed by atoms with van der Waals surface area (Å²) >= 11 is 7.45. The van der Waals surface area contributed by atoms with E-state index >= 15 is 0 Å². The maximum absolute atomic E-state index is 12.4. The van der Waals surface area contributed by atoms with Crippen LogP contribution in [0, 0.1) is 6.92 Å². The van der Waals surface area contributed by atoms with Crippen molar-refractivity contribution in [3.63, 3.8) is 0 Å². The van der Waals surface area contributed by atoms with Gasteiger partial charge >= 0.3 is 5.97 Å². The minimum Gasteiger partial charge on any atom is -0.495 e. The molecular weight excluding hydrogens is 402 g/mol. The predicted molar refractivity (Wildman–Crippen MR) is 111 cm³/mol. The highest BCUT2D eigenvalue weighted by Crippen LogP contribution is 2.40. The quantitative estimate of drug-likeness (QED) is 0.562. The fourth-order valence-corrected chi connectivity index (χ4v) is 3.98. The molecule has 1 N–H and O–H groups in total. The first-order valence-electron chi connectivity index (χ1n) is 8.49. The zero-order valence-corrected chi connectivity index (χ0v) is 17.7. The van der Waals surface area contributed by atoms with E-state index in [4.69, 9.17) is 25.8 Å². The molecule has 3 aromatic rings.